The Hall–Kier alpha value is -2.49. The van der Waals surface area contributed by atoms with E-state index in [-0.39, 0.29) is 13.2 Å². The fourth-order valence-electron chi connectivity index (χ4n) is 3.95. The highest BCUT2D eigenvalue weighted by Gasteiger charge is 2.23. The van der Waals surface area contributed by atoms with Crippen LogP contribution in [0.15, 0.2) is 54.6 Å². The van der Waals surface area contributed by atoms with E-state index in [9.17, 15) is 18.6 Å². The van der Waals surface area contributed by atoms with Gasteiger partial charge in [0.15, 0.2) is 0 Å². The molecular formula is C24H30N2O5S. The van der Waals surface area contributed by atoms with Crippen molar-refractivity contribution in [1.82, 2.24) is 9.88 Å². The summed E-state index contributed by atoms with van der Waals surface area (Å²) in [5, 5.41) is 27.6. The molecule has 0 aliphatic carbocycles. The van der Waals surface area contributed by atoms with Crippen molar-refractivity contribution in [2.75, 3.05) is 19.5 Å². The molecule has 0 aliphatic rings. The number of nitrogens with zero attached hydrogens (tertiary/aromatic N) is 1. The van der Waals surface area contributed by atoms with Crippen molar-refractivity contribution >= 4 is 42.7 Å². The molecule has 0 aliphatic heterocycles. The van der Waals surface area contributed by atoms with E-state index >= 15 is 0 Å². The van der Waals surface area contributed by atoms with Crippen molar-refractivity contribution in [3.8, 4) is 0 Å². The van der Waals surface area contributed by atoms with Gasteiger partial charge < -0.3 is 20.1 Å². The molecule has 4 N–H and O–H groups in total. The van der Waals surface area contributed by atoms with Gasteiger partial charge in [0.2, 0.25) is 0 Å². The number of rotatable bonds is 6. The number of hydrogen-bond donors (Lipinski definition) is 4. The SMILES string of the molecule is CCn1c2ccccc2c2cc3ccccc3c(CNC(C)(CO)CO)c21.CS(=O)(=O)O. The van der Waals surface area contributed by atoms with Crippen molar-refractivity contribution in [2.24, 2.45) is 0 Å². The first-order chi connectivity index (χ1) is 15.1. The highest BCUT2D eigenvalue weighted by atomic mass is 32.2. The first-order valence-electron chi connectivity index (χ1n) is 10.4. The maximum absolute atomic E-state index is 9.68. The molecule has 0 unspecified atom stereocenters. The molecule has 7 nitrogen and oxygen atoms in total. The number of aliphatic hydroxyl groups excluding tert-OH is 2. The van der Waals surface area contributed by atoms with Crippen molar-refractivity contribution in [3.05, 3.63) is 60.2 Å². The predicted octanol–water partition coefficient (Wildman–Crippen LogP) is 3.30. The van der Waals surface area contributed by atoms with Crippen LogP contribution in [-0.2, 0) is 23.2 Å². The van der Waals surface area contributed by atoms with Gasteiger partial charge in [-0.05, 0) is 42.3 Å². The fraction of sp³-hybridized carbons (Fsp3) is 0.333. The maximum atomic E-state index is 9.68. The molecule has 0 spiro atoms. The molecule has 0 saturated heterocycles. The van der Waals surface area contributed by atoms with Crippen LogP contribution in [-0.4, -0.2) is 52.8 Å². The molecule has 0 saturated carbocycles. The summed E-state index contributed by atoms with van der Waals surface area (Å²) in [7, 11) is -3.67. The summed E-state index contributed by atoms with van der Waals surface area (Å²) in [5.41, 5.74) is 2.95. The Kier molecular flexibility index (Phi) is 7.22. The minimum absolute atomic E-state index is 0.117. The predicted molar refractivity (Wildman–Crippen MR) is 130 cm³/mol. The van der Waals surface area contributed by atoms with Gasteiger partial charge in [0.05, 0.1) is 30.5 Å². The molecule has 0 radical (unpaired) electrons. The lowest BCUT2D eigenvalue weighted by Crippen LogP contribution is -2.48. The molecule has 4 rings (SSSR count). The van der Waals surface area contributed by atoms with Gasteiger partial charge in [0, 0.05) is 29.4 Å². The second-order valence-electron chi connectivity index (χ2n) is 8.20. The highest BCUT2D eigenvalue weighted by molar-refractivity contribution is 7.85. The summed E-state index contributed by atoms with van der Waals surface area (Å²) in [6, 6.07) is 19.2. The summed E-state index contributed by atoms with van der Waals surface area (Å²) in [6.07, 6.45) is 0.715. The van der Waals surface area contributed by atoms with E-state index < -0.39 is 15.7 Å². The Morgan fingerprint density at radius 1 is 0.969 bits per heavy atom. The number of aliphatic hydroxyl groups is 2. The molecular weight excluding hydrogens is 428 g/mol. The van der Waals surface area contributed by atoms with E-state index in [1.54, 1.807) is 0 Å². The molecule has 8 heteroatoms. The first kappa shape index (κ1) is 24.2. The fourth-order valence-corrected chi connectivity index (χ4v) is 3.95. The number of benzene rings is 3. The number of aryl methyl sites for hydroxylation is 1. The zero-order valence-electron chi connectivity index (χ0n) is 18.5. The molecule has 0 amide bonds. The minimum atomic E-state index is -3.67. The molecule has 0 bridgehead atoms. The van der Waals surface area contributed by atoms with E-state index in [1.807, 2.05) is 6.92 Å². The minimum Gasteiger partial charge on any atom is -0.394 e. The van der Waals surface area contributed by atoms with Gasteiger partial charge in [-0.2, -0.15) is 8.42 Å². The Bertz CT molecular complexity index is 1330. The number of para-hydroxylation sites is 1. The number of fused-ring (bicyclic) bond motifs is 4. The molecule has 1 heterocycles. The van der Waals surface area contributed by atoms with Crippen molar-refractivity contribution in [1.29, 1.82) is 0 Å². The molecule has 3 aromatic carbocycles. The summed E-state index contributed by atoms with van der Waals surface area (Å²) in [5.74, 6) is 0. The van der Waals surface area contributed by atoms with E-state index in [0.29, 0.717) is 12.8 Å². The van der Waals surface area contributed by atoms with Crippen LogP contribution in [0, 0.1) is 0 Å². The topological polar surface area (TPSA) is 112 Å². The summed E-state index contributed by atoms with van der Waals surface area (Å²) in [6.45, 7) is 5.23. The average Bonchev–Trinajstić information content (AvgIpc) is 3.08. The Balaban J connectivity index is 0.000000523. The highest BCUT2D eigenvalue weighted by Crippen LogP contribution is 2.36. The van der Waals surface area contributed by atoms with E-state index in [1.165, 1.54) is 38.1 Å². The van der Waals surface area contributed by atoms with Crippen LogP contribution in [0.4, 0.5) is 0 Å². The van der Waals surface area contributed by atoms with Crippen molar-refractivity contribution < 1.29 is 23.2 Å². The quantitative estimate of drug-likeness (QED) is 0.330. The van der Waals surface area contributed by atoms with E-state index in [0.717, 1.165) is 6.54 Å². The Morgan fingerprint density at radius 3 is 2.12 bits per heavy atom. The molecule has 4 aromatic rings. The van der Waals surface area contributed by atoms with Gasteiger partial charge in [-0.1, -0.05) is 42.5 Å². The number of hydrogen-bond acceptors (Lipinski definition) is 5. The largest absolute Gasteiger partial charge is 0.394 e. The molecule has 32 heavy (non-hydrogen) atoms. The van der Waals surface area contributed by atoms with Gasteiger partial charge in [0.1, 0.15) is 0 Å². The summed E-state index contributed by atoms with van der Waals surface area (Å²) >= 11 is 0. The van der Waals surface area contributed by atoms with Crippen LogP contribution >= 0.6 is 0 Å². The standard InChI is InChI=1S/C23H26N2O2.CH4O3S/c1-3-25-21-11-7-6-10-18(21)19-12-16-8-4-5-9-17(16)20(22(19)25)13-24-23(2,14-26)15-27;1-5(2,3)4/h4-12,24,26-27H,3,13-15H2,1-2H3;1H3,(H,2,3,4). The summed E-state index contributed by atoms with van der Waals surface area (Å²) < 4.78 is 28.2. The second-order valence-corrected chi connectivity index (χ2v) is 9.66. The van der Waals surface area contributed by atoms with Gasteiger partial charge in [-0.3, -0.25) is 4.55 Å². The van der Waals surface area contributed by atoms with Crippen LogP contribution in [0.1, 0.15) is 19.4 Å². The van der Waals surface area contributed by atoms with Crippen LogP contribution in [0.5, 0.6) is 0 Å². The number of nitrogens with one attached hydrogen (secondary N) is 1. The van der Waals surface area contributed by atoms with Crippen LogP contribution < -0.4 is 5.32 Å². The van der Waals surface area contributed by atoms with Crippen molar-refractivity contribution in [2.45, 2.75) is 32.5 Å². The van der Waals surface area contributed by atoms with Crippen LogP contribution in [0.2, 0.25) is 0 Å². The zero-order valence-corrected chi connectivity index (χ0v) is 19.4. The number of aromatic nitrogens is 1. The molecule has 0 fully saturated rings. The smallest absolute Gasteiger partial charge is 0.261 e. The van der Waals surface area contributed by atoms with Crippen LogP contribution in [0.25, 0.3) is 32.6 Å². The lowest BCUT2D eigenvalue weighted by molar-refractivity contribution is 0.103. The molecule has 1 aromatic heterocycles. The van der Waals surface area contributed by atoms with Gasteiger partial charge in [-0.15, -0.1) is 0 Å². The van der Waals surface area contributed by atoms with Gasteiger partial charge >= 0.3 is 0 Å². The third kappa shape index (κ3) is 5.11. The monoisotopic (exact) mass is 458 g/mol. The Labute approximate surface area is 188 Å². The third-order valence-electron chi connectivity index (χ3n) is 5.59. The zero-order chi connectivity index (χ0) is 23.5. The maximum Gasteiger partial charge on any atom is 0.261 e. The Morgan fingerprint density at radius 2 is 1.53 bits per heavy atom. The third-order valence-corrected chi connectivity index (χ3v) is 5.59. The van der Waals surface area contributed by atoms with E-state index in [2.05, 4.69) is 71.4 Å². The van der Waals surface area contributed by atoms with Gasteiger partial charge in [-0.25, -0.2) is 0 Å². The normalized spacial score (nSPS) is 12.3. The summed E-state index contributed by atoms with van der Waals surface area (Å²) in [4.78, 5) is 0. The second kappa shape index (κ2) is 9.56. The van der Waals surface area contributed by atoms with Crippen LogP contribution in [0.3, 0.4) is 0 Å². The average molecular weight is 459 g/mol. The van der Waals surface area contributed by atoms with E-state index in [4.69, 9.17) is 4.55 Å². The lowest BCUT2D eigenvalue weighted by Gasteiger charge is -2.27. The van der Waals surface area contributed by atoms with Gasteiger partial charge in [0.25, 0.3) is 10.1 Å². The first-order valence-corrected chi connectivity index (χ1v) is 12.3. The lowest BCUT2D eigenvalue weighted by atomic mass is 9.98. The molecule has 172 valence electrons. The molecule has 0 atom stereocenters. The van der Waals surface area contributed by atoms with Crippen molar-refractivity contribution in [3.63, 3.8) is 0 Å².